The summed E-state index contributed by atoms with van der Waals surface area (Å²) in [4.78, 5) is 57.1. The van der Waals surface area contributed by atoms with E-state index in [1.54, 1.807) is 24.8 Å². The molecule has 0 unspecified atom stereocenters. The molecular formula is C34H50FN7O5. The molecule has 1 aliphatic heterocycles. The SMILES string of the molecule is CCC(=O)N[C@@H](C(=O)N1CCN(CC)[C@H](C)C1)[C@@H](C)c1ccc(NC(=O)[C@@H](NC(=O)c2nonc2CC)C2CCC(C)CC2)c(F)c1. The predicted molar refractivity (Wildman–Crippen MR) is 175 cm³/mol. The Morgan fingerprint density at radius 1 is 1.02 bits per heavy atom. The quantitative estimate of drug-likeness (QED) is 0.312. The van der Waals surface area contributed by atoms with Crippen molar-refractivity contribution in [3.05, 3.63) is 41.0 Å². The van der Waals surface area contributed by atoms with Crippen molar-refractivity contribution in [2.75, 3.05) is 31.5 Å². The molecule has 1 aliphatic carbocycles. The van der Waals surface area contributed by atoms with Crippen molar-refractivity contribution in [1.29, 1.82) is 0 Å². The Bertz CT molecular complexity index is 1410. The second-order valence-electron chi connectivity index (χ2n) is 13.1. The number of nitrogens with one attached hydrogen (secondary N) is 3. The number of piperazine rings is 1. The summed E-state index contributed by atoms with van der Waals surface area (Å²) < 4.78 is 20.4. The van der Waals surface area contributed by atoms with Gasteiger partial charge in [-0.1, -0.05) is 58.7 Å². The summed E-state index contributed by atoms with van der Waals surface area (Å²) in [6, 6.07) is 2.79. The highest BCUT2D eigenvalue weighted by molar-refractivity contribution is 6.01. The Labute approximate surface area is 276 Å². The zero-order valence-corrected chi connectivity index (χ0v) is 28.5. The average Bonchev–Trinajstić information content (AvgIpc) is 3.56. The van der Waals surface area contributed by atoms with Crippen LogP contribution in [0.15, 0.2) is 22.8 Å². The molecule has 4 amide bonds. The van der Waals surface area contributed by atoms with Crippen LogP contribution in [0.3, 0.4) is 0 Å². The maximum absolute atomic E-state index is 15.7. The van der Waals surface area contributed by atoms with Crippen molar-refractivity contribution in [1.82, 2.24) is 30.7 Å². The standard InChI is InChI=1S/C34H50FN7O5/c1-7-26-31(40-47-39-26)33(45)38-30(23-12-10-20(4)11-13-23)32(44)36-27-15-14-24(18-25(27)35)22(6)29(37-28(43)8-2)34(46)42-17-16-41(9-3)21(5)19-42/h14-15,18,20-23,29-30H,7-13,16-17,19H2,1-6H3,(H,36,44)(H,37,43)(H,38,45)/t20?,21-,22+,23?,29-,30+/m1/s1. The van der Waals surface area contributed by atoms with Gasteiger partial charge in [0.25, 0.3) is 5.91 Å². The summed E-state index contributed by atoms with van der Waals surface area (Å²) >= 11 is 0. The fourth-order valence-electron chi connectivity index (χ4n) is 6.69. The number of halogens is 1. The summed E-state index contributed by atoms with van der Waals surface area (Å²) in [6.45, 7) is 14.4. The lowest BCUT2D eigenvalue weighted by atomic mass is 9.79. The van der Waals surface area contributed by atoms with E-state index in [2.05, 4.69) is 51.9 Å². The van der Waals surface area contributed by atoms with E-state index in [1.165, 1.54) is 12.1 Å². The lowest BCUT2D eigenvalue weighted by Gasteiger charge is -2.41. The lowest BCUT2D eigenvalue weighted by molar-refractivity contribution is -0.139. The number of hydrogen-bond acceptors (Lipinski definition) is 8. The molecule has 2 fully saturated rings. The summed E-state index contributed by atoms with van der Waals surface area (Å²) in [5.41, 5.74) is 0.878. The van der Waals surface area contributed by atoms with Crippen molar-refractivity contribution >= 4 is 29.3 Å². The molecule has 2 aromatic rings. The fraction of sp³-hybridized carbons (Fsp3) is 0.647. The van der Waals surface area contributed by atoms with Gasteiger partial charge in [-0.05, 0) is 67.4 Å². The maximum Gasteiger partial charge on any atom is 0.276 e. The molecular weight excluding hydrogens is 605 g/mol. The van der Waals surface area contributed by atoms with E-state index in [1.807, 2.05) is 6.92 Å². The normalized spacial score (nSPS) is 22.2. The number of carbonyl (C=O) groups excluding carboxylic acids is 4. The van der Waals surface area contributed by atoms with Crippen molar-refractivity contribution in [2.24, 2.45) is 11.8 Å². The van der Waals surface area contributed by atoms with Gasteiger partial charge in [0.05, 0.1) is 5.69 Å². The monoisotopic (exact) mass is 655 g/mol. The summed E-state index contributed by atoms with van der Waals surface area (Å²) in [5.74, 6) is -2.41. The summed E-state index contributed by atoms with van der Waals surface area (Å²) in [5, 5.41) is 15.9. The van der Waals surface area contributed by atoms with E-state index in [0.717, 1.165) is 38.8 Å². The van der Waals surface area contributed by atoms with Gasteiger partial charge in [-0.2, -0.15) is 0 Å². The van der Waals surface area contributed by atoms with Crippen LogP contribution in [-0.4, -0.2) is 88.0 Å². The second kappa shape index (κ2) is 16.3. The number of nitrogens with zero attached hydrogens (tertiary/aromatic N) is 4. The molecule has 2 aliphatic rings. The van der Waals surface area contributed by atoms with Crippen LogP contribution < -0.4 is 16.0 Å². The van der Waals surface area contributed by atoms with Crippen LogP contribution in [0.25, 0.3) is 0 Å². The Morgan fingerprint density at radius 3 is 2.36 bits per heavy atom. The van der Waals surface area contributed by atoms with Crippen LogP contribution >= 0.6 is 0 Å². The van der Waals surface area contributed by atoms with Gasteiger partial charge < -0.3 is 20.9 Å². The Balaban J connectivity index is 1.52. The number of aryl methyl sites for hydroxylation is 1. The first kappa shape index (κ1) is 36.0. The zero-order chi connectivity index (χ0) is 34.2. The fourth-order valence-corrected chi connectivity index (χ4v) is 6.69. The topological polar surface area (TPSA) is 150 Å². The molecule has 1 aromatic heterocycles. The minimum atomic E-state index is -0.920. The van der Waals surface area contributed by atoms with Crippen molar-refractivity contribution < 1.29 is 28.2 Å². The highest BCUT2D eigenvalue weighted by Gasteiger charge is 2.36. The molecule has 1 saturated carbocycles. The zero-order valence-electron chi connectivity index (χ0n) is 28.5. The van der Waals surface area contributed by atoms with Crippen LogP contribution in [0.4, 0.5) is 10.1 Å². The molecule has 258 valence electrons. The predicted octanol–water partition coefficient (Wildman–Crippen LogP) is 3.89. The van der Waals surface area contributed by atoms with E-state index in [0.29, 0.717) is 36.7 Å². The van der Waals surface area contributed by atoms with Crippen LogP contribution in [0, 0.1) is 17.7 Å². The number of rotatable bonds is 12. The van der Waals surface area contributed by atoms with Gasteiger partial charge in [0.1, 0.15) is 23.6 Å². The molecule has 2 heterocycles. The van der Waals surface area contributed by atoms with Crippen LogP contribution in [-0.2, 0) is 20.8 Å². The first-order valence-electron chi connectivity index (χ1n) is 17.0. The van der Waals surface area contributed by atoms with E-state index in [4.69, 9.17) is 4.63 Å². The Morgan fingerprint density at radius 2 is 1.74 bits per heavy atom. The molecule has 1 saturated heterocycles. The number of aromatic nitrogens is 2. The number of benzene rings is 1. The van der Waals surface area contributed by atoms with Gasteiger partial charge in [-0.3, -0.25) is 24.1 Å². The first-order chi connectivity index (χ1) is 22.5. The van der Waals surface area contributed by atoms with Crippen molar-refractivity contribution in [3.8, 4) is 0 Å². The number of amides is 4. The third kappa shape index (κ3) is 8.74. The lowest BCUT2D eigenvalue weighted by Crippen LogP contribution is -2.58. The molecule has 4 rings (SSSR count). The number of anilines is 1. The summed E-state index contributed by atoms with van der Waals surface area (Å²) in [7, 11) is 0. The van der Waals surface area contributed by atoms with E-state index in [9.17, 15) is 19.2 Å². The van der Waals surface area contributed by atoms with E-state index < -0.39 is 35.6 Å². The number of carbonyl (C=O) groups is 4. The van der Waals surface area contributed by atoms with Crippen LogP contribution in [0.2, 0.25) is 0 Å². The van der Waals surface area contributed by atoms with Crippen molar-refractivity contribution in [2.45, 2.75) is 104 Å². The highest BCUT2D eigenvalue weighted by atomic mass is 19.1. The van der Waals surface area contributed by atoms with Gasteiger partial charge in [-0.25, -0.2) is 9.02 Å². The third-order valence-electron chi connectivity index (χ3n) is 9.87. The number of hydrogen-bond donors (Lipinski definition) is 3. The Kier molecular flexibility index (Phi) is 12.5. The van der Waals surface area contributed by atoms with Gasteiger partial charge in [0, 0.05) is 38.0 Å². The van der Waals surface area contributed by atoms with Gasteiger partial charge in [0.2, 0.25) is 17.7 Å². The molecule has 0 bridgehead atoms. The van der Waals surface area contributed by atoms with Crippen LogP contribution in [0.1, 0.15) is 101 Å². The molecule has 1 aromatic carbocycles. The molecule has 0 radical (unpaired) electrons. The first-order valence-corrected chi connectivity index (χ1v) is 17.0. The van der Waals surface area contributed by atoms with Gasteiger partial charge in [0.15, 0.2) is 5.69 Å². The maximum atomic E-state index is 15.7. The average molecular weight is 656 g/mol. The van der Waals surface area contributed by atoms with Crippen molar-refractivity contribution in [3.63, 3.8) is 0 Å². The molecule has 12 nitrogen and oxygen atoms in total. The molecule has 4 atom stereocenters. The number of likely N-dealkylation sites (N-methyl/N-ethyl adjacent to an activating group) is 1. The molecule has 0 spiro atoms. The third-order valence-corrected chi connectivity index (χ3v) is 9.87. The molecule has 3 N–H and O–H groups in total. The molecule has 13 heteroatoms. The van der Waals surface area contributed by atoms with Crippen LogP contribution in [0.5, 0.6) is 0 Å². The van der Waals surface area contributed by atoms with Gasteiger partial charge in [-0.15, -0.1) is 0 Å². The minimum absolute atomic E-state index is 0.0277. The van der Waals surface area contributed by atoms with E-state index in [-0.39, 0.29) is 41.6 Å². The van der Waals surface area contributed by atoms with E-state index >= 15 is 4.39 Å². The Hall–Kier alpha value is -3.87. The molecule has 47 heavy (non-hydrogen) atoms. The summed E-state index contributed by atoms with van der Waals surface area (Å²) in [6.07, 6.45) is 3.95. The van der Waals surface area contributed by atoms with Gasteiger partial charge >= 0.3 is 0 Å². The largest absolute Gasteiger partial charge is 0.344 e. The smallest absolute Gasteiger partial charge is 0.276 e. The second-order valence-corrected chi connectivity index (χ2v) is 13.1. The minimum Gasteiger partial charge on any atom is -0.344 e. The highest BCUT2D eigenvalue weighted by Crippen LogP contribution is 2.32.